The van der Waals surface area contributed by atoms with E-state index in [2.05, 4.69) is 5.10 Å². The normalized spacial score (nSPS) is 21.9. The van der Waals surface area contributed by atoms with Crippen LogP contribution in [-0.4, -0.2) is 49.4 Å². The summed E-state index contributed by atoms with van der Waals surface area (Å²) in [5, 5.41) is 5.02. The molecule has 0 radical (unpaired) electrons. The zero-order chi connectivity index (χ0) is 16.4. The largest absolute Gasteiger partial charge is 0.336 e. The van der Waals surface area contributed by atoms with E-state index >= 15 is 0 Å². The number of hydrogen-bond acceptors (Lipinski definition) is 3. The molecule has 2 atom stereocenters. The lowest BCUT2D eigenvalue weighted by Crippen LogP contribution is -2.35. The van der Waals surface area contributed by atoms with Gasteiger partial charge in [-0.05, 0) is 36.2 Å². The maximum atomic E-state index is 12.6. The minimum Gasteiger partial charge on any atom is -0.336 e. The van der Waals surface area contributed by atoms with Crippen LogP contribution >= 0.6 is 11.6 Å². The Labute approximate surface area is 142 Å². The van der Waals surface area contributed by atoms with Gasteiger partial charge in [0.25, 0.3) is 5.91 Å². The highest BCUT2D eigenvalue weighted by Gasteiger charge is 2.24. The molecule has 1 aromatic heterocycles. The van der Waals surface area contributed by atoms with Crippen LogP contribution in [0.4, 0.5) is 0 Å². The van der Waals surface area contributed by atoms with Crippen LogP contribution in [0.3, 0.4) is 0 Å². The van der Waals surface area contributed by atoms with Crippen molar-refractivity contribution in [2.75, 3.05) is 24.6 Å². The number of carbonyl (C=O) groups is 1. The molecule has 5 nitrogen and oxygen atoms in total. The zero-order valence-electron chi connectivity index (χ0n) is 12.8. The van der Waals surface area contributed by atoms with Crippen LogP contribution in [0.25, 0.3) is 5.69 Å². The lowest BCUT2D eigenvalue weighted by atomic mass is 10.2. The van der Waals surface area contributed by atoms with Gasteiger partial charge in [0.05, 0.1) is 5.69 Å². The first-order chi connectivity index (χ1) is 11.0. The fourth-order valence-electron chi connectivity index (χ4n) is 2.65. The first kappa shape index (κ1) is 16.2. The maximum absolute atomic E-state index is 12.6. The van der Waals surface area contributed by atoms with Gasteiger partial charge in [0.1, 0.15) is 0 Å². The Kier molecular flexibility index (Phi) is 4.82. The van der Waals surface area contributed by atoms with E-state index in [9.17, 15) is 9.00 Å². The van der Waals surface area contributed by atoms with Crippen molar-refractivity contribution >= 4 is 28.3 Å². The Balaban J connectivity index is 1.78. The maximum Gasteiger partial charge on any atom is 0.274 e. The van der Waals surface area contributed by atoms with Crippen LogP contribution in [0.2, 0.25) is 5.02 Å². The van der Waals surface area contributed by atoms with Crippen LogP contribution in [0, 0.1) is 5.92 Å². The summed E-state index contributed by atoms with van der Waals surface area (Å²) in [5.74, 6) is 1.32. The predicted octanol–water partition coefficient (Wildman–Crippen LogP) is 2.37. The molecule has 7 heteroatoms. The third-order valence-electron chi connectivity index (χ3n) is 3.78. The standard InChI is InChI=1S/C16H18ClN3O2S/c1-12-10-19(8-9-23(22)11-12)16(21)15-6-7-20(18-15)14-4-2-13(17)3-5-14/h2-7,12H,8-11H2,1H3. The van der Waals surface area contributed by atoms with Crippen molar-refractivity contribution in [2.24, 2.45) is 5.92 Å². The third kappa shape index (κ3) is 3.82. The Morgan fingerprint density at radius 2 is 2.04 bits per heavy atom. The molecule has 1 fully saturated rings. The summed E-state index contributed by atoms with van der Waals surface area (Å²) < 4.78 is 13.4. The van der Waals surface area contributed by atoms with E-state index in [1.165, 1.54) is 0 Å². The molecular formula is C16H18ClN3O2S. The van der Waals surface area contributed by atoms with E-state index in [1.807, 2.05) is 19.1 Å². The quantitative estimate of drug-likeness (QED) is 0.834. The molecule has 122 valence electrons. The van der Waals surface area contributed by atoms with E-state index in [0.717, 1.165) is 5.69 Å². The van der Waals surface area contributed by atoms with Crippen LogP contribution in [-0.2, 0) is 10.8 Å². The summed E-state index contributed by atoms with van der Waals surface area (Å²) in [6.07, 6.45) is 1.76. The van der Waals surface area contributed by atoms with E-state index in [0.29, 0.717) is 35.3 Å². The molecule has 1 amide bonds. The van der Waals surface area contributed by atoms with Gasteiger partial charge in [-0.1, -0.05) is 18.5 Å². The molecule has 0 saturated carbocycles. The number of carbonyl (C=O) groups excluding carboxylic acids is 1. The number of benzene rings is 1. The highest BCUT2D eigenvalue weighted by Crippen LogP contribution is 2.15. The van der Waals surface area contributed by atoms with E-state index in [1.54, 1.807) is 34.0 Å². The third-order valence-corrected chi connectivity index (χ3v) is 5.61. The van der Waals surface area contributed by atoms with Crippen molar-refractivity contribution in [3.63, 3.8) is 0 Å². The molecule has 1 aliphatic heterocycles. The molecule has 23 heavy (non-hydrogen) atoms. The van der Waals surface area contributed by atoms with Gasteiger partial charge in [0.2, 0.25) is 0 Å². The topological polar surface area (TPSA) is 55.2 Å². The predicted molar refractivity (Wildman–Crippen MR) is 91.5 cm³/mol. The molecule has 2 heterocycles. The SMILES string of the molecule is CC1CN(C(=O)c2ccn(-c3ccc(Cl)cc3)n2)CCS(=O)C1. The van der Waals surface area contributed by atoms with Crippen molar-refractivity contribution in [1.82, 2.24) is 14.7 Å². The molecular weight excluding hydrogens is 334 g/mol. The van der Waals surface area contributed by atoms with Crippen LogP contribution in [0.1, 0.15) is 17.4 Å². The monoisotopic (exact) mass is 351 g/mol. The van der Waals surface area contributed by atoms with Gasteiger partial charge in [-0.2, -0.15) is 5.10 Å². The summed E-state index contributed by atoms with van der Waals surface area (Å²) in [6.45, 7) is 3.16. The fraction of sp³-hybridized carbons (Fsp3) is 0.375. The summed E-state index contributed by atoms with van der Waals surface area (Å²) in [6, 6.07) is 8.97. The second kappa shape index (κ2) is 6.84. The van der Waals surface area contributed by atoms with Crippen molar-refractivity contribution < 1.29 is 9.00 Å². The lowest BCUT2D eigenvalue weighted by Gasteiger charge is -2.21. The molecule has 2 unspecified atom stereocenters. The Bertz CT molecular complexity index is 729. The number of amides is 1. The number of halogens is 1. The average Bonchev–Trinajstić information content (AvgIpc) is 2.94. The van der Waals surface area contributed by atoms with E-state index in [-0.39, 0.29) is 11.8 Å². The van der Waals surface area contributed by atoms with Crippen molar-refractivity contribution in [3.8, 4) is 5.69 Å². The zero-order valence-corrected chi connectivity index (χ0v) is 14.4. The summed E-state index contributed by atoms with van der Waals surface area (Å²) in [4.78, 5) is 14.4. The second-order valence-corrected chi connectivity index (χ2v) is 7.85. The molecule has 0 N–H and O–H groups in total. The smallest absolute Gasteiger partial charge is 0.274 e. The van der Waals surface area contributed by atoms with Gasteiger partial charge in [0, 0.05) is 46.6 Å². The van der Waals surface area contributed by atoms with Crippen molar-refractivity contribution in [3.05, 3.63) is 47.2 Å². The van der Waals surface area contributed by atoms with Crippen LogP contribution in [0.5, 0.6) is 0 Å². The first-order valence-electron chi connectivity index (χ1n) is 7.49. The van der Waals surface area contributed by atoms with Gasteiger partial charge in [-0.25, -0.2) is 4.68 Å². The Morgan fingerprint density at radius 3 is 2.78 bits per heavy atom. The average molecular weight is 352 g/mol. The van der Waals surface area contributed by atoms with Gasteiger partial charge >= 0.3 is 0 Å². The molecule has 0 spiro atoms. The molecule has 0 aliphatic carbocycles. The molecule has 1 aromatic carbocycles. The minimum absolute atomic E-state index is 0.108. The Hall–Kier alpha value is -1.66. The van der Waals surface area contributed by atoms with Crippen LogP contribution < -0.4 is 0 Å². The van der Waals surface area contributed by atoms with Crippen LogP contribution in [0.15, 0.2) is 36.5 Å². The lowest BCUT2D eigenvalue weighted by molar-refractivity contribution is 0.0745. The number of aromatic nitrogens is 2. The van der Waals surface area contributed by atoms with Crippen molar-refractivity contribution in [1.29, 1.82) is 0 Å². The molecule has 2 aromatic rings. The molecule has 1 aliphatic rings. The van der Waals surface area contributed by atoms with Gasteiger partial charge < -0.3 is 4.90 Å². The summed E-state index contributed by atoms with van der Waals surface area (Å²) >= 11 is 5.88. The minimum atomic E-state index is -0.840. The van der Waals surface area contributed by atoms with Crippen molar-refractivity contribution in [2.45, 2.75) is 6.92 Å². The molecule has 3 rings (SSSR count). The van der Waals surface area contributed by atoms with Gasteiger partial charge in [-0.3, -0.25) is 9.00 Å². The number of hydrogen-bond donors (Lipinski definition) is 0. The highest BCUT2D eigenvalue weighted by molar-refractivity contribution is 7.85. The van der Waals surface area contributed by atoms with E-state index < -0.39 is 10.8 Å². The van der Waals surface area contributed by atoms with Gasteiger partial charge in [0.15, 0.2) is 5.69 Å². The summed E-state index contributed by atoms with van der Waals surface area (Å²) in [7, 11) is -0.840. The van der Waals surface area contributed by atoms with E-state index in [4.69, 9.17) is 11.6 Å². The first-order valence-corrected chi connectivity index (χ1v) is 9.35. The number of rotatable bonds is 2. The fourth-order valence-corrected chi connectivity index (χ4v) is 4.11. The highest BCUT2D eigenvalue weighted by atomic mass is 35.5. The molecule has 1 saturated heterocycles. The number of nitrogens with zero attached hydrogens (tertiary/aromatic N) is 3. The Morgan fingerprint density at radius 1 is 1.30 bits per heavy atom. The van der Waals surface area contributed by atoms with Gasteiger partial charge in [-0.15, -0.1) is 0 Å². The second-order valence-electron chi connectivity index (χ2n) is 5.79. The summed E-state index contributed by atoms with van der Waals surface area (Å²) in [5.41, 5.74) is 1.25. The molecule has 0 bridgehead atoms.